The van der Waals surface area contributed by atoms with Gasteiger partial charge in [0.1, 0.15) is 0 Å². The molecular weight excluding hydrogens is 187 g/mol. The molecule has 0 aliphatic rings. The molecule has 0 unspecified atom stereocenters. The van der Waals surface area contributed by atoms with Crippen LogP contribution in [0.3, 0.4) is 0 Å². The summed E-state index contributed by atoms with van der Waals surface area (Å²) in [6, 6.07) is 0. The molecule has 4 heteroatoms. The molecule has 0 aliphatic heterocycles. The van der Waals surface area contributed by atoms with Gasteiger partial charge in [0.25, 0.3) is 0 Å². The Labute approximate surface area is 80.9 Å². The third-order valence-electron chi connectivity index (χ3n) is 2.24. The SMILES string of the molecule is CCP(=O)(CC)CCCOCCO. The zero-order valence-electron chi connectivity index (χ0n) is 8.66. The molecule has 0 saturated carbocycles. The maximum absolute atomic E-state index is 11.9. The summed E-state index contributed by atoms with van der Waals surface area (Å²) < 4.78 is 17.0. The number of hydrogen-bond acceptors (Lipinski definition) is 3. The normalized spacial score (nSPS) is 11.9. The van der Waals surface area contributed by atoms with Crippen molar-refractivity contribution >= 4 is 7.14 Å². The molecule has 0 aliphatic carbocycles. The summed E-state index contributed by atoms with van der Waals surface area (Å²) in [7, 11) is -1.87. The van der Waals surface area contributed by atoms with Crippen molar-refractivity contribution in [1.29, 1.82) is 0 Å². The molecule has 80 valence electrons. The van der Waals surface area contributed by atoms with Crippen LogP contribution in [0, 0.1) is 0 Å². The topological polar surface area (TPSA) is 46.5 Å². The highest BCUT2D eigenvalue weighted by Gasteiger charge is 2.15. The van der Waals surface area contributed by atoms with Crippen molar-refractivity contribution in [3.63, 3.8) is 0 Å². The first-order chi connectivity index (χ1) is 6.18. The van der Waals surface area contributed by atoms with Crippen LogP contribution in [0.15, 0.2) is 0 Å². The highest BCUT2D eigenvalue weighted by molar-refractivity contribution is 7.63. The van der Waals surface area contributed by atoms with E-state index in [0.717, 1.165) is 24.9 Å². The fourth-order valence-corrected chi connectivity index (χ4v) is 2.95. The number of rotatable bonds is 8. The lowest BCUT2D eigenvalue weighted by atomic mass is 10.5. The molecule has 0 radical (unpaired) electrons. The molecule has 0 amide bonds. The Balaban J connectivity index is 3.45. The van der Waals surface area contributed by atoms with Crippen molar-refractivity contribution in [3.05, 3.63) is 0 Å². The van der Waals surface area contributed by atoms with Gasteiger partial charge in [0.05, 0.1) is 20.4 Å². The van der Waals surface area contributed by atoms with Crippen LogP contribution in [0.1, 0.15) is 20.3 Å². The molecule has 0 fully saturated rings. The van der Waals surface area contributed by atoms with E-state index in [0.29, 0.717) is 13.2 Å². The number of aliphatic hydroxyl groups is 1. The van der Waals surface area contributed by atoms with Crippen molar-refractivity contribution in [2.24, 2.45) is 0 Å². The van der Waals surface area contributed by atoms with Crippen LogP contribution >= 0.6 is 7.14 Å². The van der Waals surface area contributed by atoms with E-state index in [1.807, 2.05) is 13.8 Å². The molecule has 3 nitrogen and oxygen atoms in total. The summed E-state index contributed by atoms with van der Waals surface area (Å²) in [5.74, 6) is 0. The Bertz CT molecular complexity index is 151. The molecule has 0 rings (SSSR count). The Morgan fingerprint density at radius 1 is 1.23 bits per heavy atom. The van der Waals surface area contributed by atoms with Crippen LogP contribution in [-0.2, 0) is 9.30 Å². The molecule has 13 heavy (non-hydrogen) atoms. The third-order valence-corrected chi connectivity index (χ3v) is 5.68. The smallest absolute Gasteiger partial charge is 0.0873 e. The predicted octanol–water partition coefficient (Wildman–Crippen LogP) is 1.79. The van der Waals surface area contributed by atoms with Crippen molar-refractivity contribution < 1.29 is 14.4 Å². The summed E-state index contributed by atoms with van der Waals surface area (Å²) in [6.07, 6.45) is 3.22. The molecule has 0 saturated heterocycles. The lowest BCUT2D eigenvalue weighted by Crippen LogP contribution is -2.04. The van der Waals surface area contributed by atoms with Gasteiger partial charge in [-0.1, -0.05) is 13.8 Å². The summed E-state index contributed by atoms with van der Waals surface area (Å²) in [6.45, 7) is 5.05. The van der Waals surface area contributed by atoms with Gasteiger partial charge in [0.2, 0.25) is 0 Å². The predicted molar refractivity (Wildman–Crippen MR) is 56.1 cm³/mol. The van der Waals surface area contributed by atoms with Crippen LogP contribution in [0.5, 0.6) is 0 Å². The van der Waals surface area contributed by atoms with Crippen molar-refractivity contribution in [1.82, 2.24) is 0 Å². The molecule has 1 N–H and O–H groups in total. The van der Waals surface area contributed by atoms with Gasteiger partial charge >= 0.3 is 0 Å². The van der Waals surface area contributed by atoms with Gasteiger partial charge in [-0.2, -0.15) is 0 Å². The Kier molecular flexibility index (Phi) is 7.63. The second-order valence-electron chi connectivity index (χ2n) is 3.10. The van der Waals surface area contributed by atoms with E-state index in [1.54, 1.807) is 0 Å². The van der Waals surface area contributed by atoms with Crippen molar-refractivity contribution in [2.45, 2.75) is 20.3 Å². The summed E-state index contributed by atoms with van der Waals surface area (Å²) >= 11 is 0. The standard InChI is InChI=1S/C9H21O3P/c1-3-13(11,4-2)9-5-7-12-8-6-10/h10H,3-9H2,1-2H3. The Hall–Kier alpha value is 0.150. The second-order valence-corrected chi connectivity index (χ2v) is 6.93. The molecule has 0 aromatic rings. The summed E-state index contributed by atoms with van der Waals surface area (Å²) in [4.78, 5) is 0. The van der Waals surface area contributed by atoms with Gasteiger partial charge in [-0.25, -0.2) is 0 Å². The fraction of sp³-hybridized carbons (Fsp3) is 1.00. The van der Waals surface area contributed by atoms with Gasteiger partial charge in [0.15, 0.2) is 0 Å². The number of hydrogen-bond donors (Lipinski definition) is 1. The first-order valence-corrected chi connectivity index (χ1v) is 7.20. The van der Waals surface area contributed by atoms with Gasteiger partial charge in [-0.15, -0.1) is 0 Å². The van der Waals surface area contributed by atoms with E-state index in [1.165, 1.54) is 0 Å². The molecular formula is C9H21O3P. The van der Waals surface area contributed by atoms with E-state index < -0.39 is 7.14 Å². The van der Waals surface area contributed by atoms with E-state index in [4.69, 9.17) is 9.84 Å². The fourth-order valence-electron chi connectivity index (χ4n) is 1.16. The second kappa shape index (κ2) is 7.54. The quantitative estimate of drug-likeness (QED) is 0.488. The first kappa shape index (κ1) is 13.2. The summed E-state index contributed by atoms with van der Waals surface area (Å²) in [5, 5.41) is 8.44. The minimum Gasteiger partial charge on any atom is -0.394 e. The van der Waals surface area contributed by atoms with Crippen LogP contribution in [0.2, 0.25) is 0 Å². The van der Waals surface area contributed by atoms with E-state index in [9.17, 15) is 4.57 Å². The molecule has 0 aromatic heterocycles. The molecule has 0 spiro atoms. The highest BCUT2D eigenvalue weighted by Crippen LogP contribution is 2.44. The van der Waals surface area contributed by atoms with Crippen LogP contribution in [-0.4, -0.2) is 43.4 Å². The largest absolute Gasteiger partial charge is 0.394 e. The Morgan fingerprint density at radius 2 is 1.85 bits per heavy atom. The van der Waals surface area contributed by atoms with E-state index in [2.05, 4.69) is 0 Å². The lowest BCUT2D eigenvalue weighted by molar-refractivity contribution is 0.0930. The van der Waals surface area contributed by atoms with Gasteiger partial charge in [-0.3, -0.25) is 0 Å². The average molecular weight is 208 g/mol. The molecule has 0 bridgehead atoms. The number of aliphatic hydroxyl groups excluding tert-OH is 1. The molecule has 0 aromatic carbocycles. The zero-order valence-corrected chi connectivity index (χ0v) is 9.56. The van der Waals surface area contributed by atoms with Gasteiger partial charge in [0, 0.05) is 12.8 Å². The average Bonchev–Trinajstić information content (AvgIpc) is 2.17. The van der Waals surface area contributed by atoms with Gasteiger partial charge < -0.3 is 14.4 Å². The van der Waals surface area contributed by atoms with Crippen molar-refractivity contribution in [3.8, 4) is 0 Å². The van der Waals surface area contributed by atoms with Gasteiger partial charge in [-0.05, 0) is 18.7 Å². The van der Waals surface area contributed by atoms with Crippen LogP contribution < -0.4 is 0 Å². The van der Waals surface area contributed by atoms with E-state index in [-0.39, 0.29) is 6.61 Å². The molecule has 0 heterocycles. The monoisotopic (exact) mass is 208 g/mol. The minimum atomic E-state index is -1.87. The number of ether oxygens (including phenoxy) is 1. The lowest BCUT2D eigenvalue weighted by Gasteiger charge is -2.13. The Morgan fingerprint density at radius 3 is 2.31 bits per heavy atom. The zero-order chi connectivity index (χ0) is 10.2. The maximum Gasteiger partial charge on any atom is 0.0873 e. The van der Waals surface area contributed by atoms with E-state index >= 15 is 0 Å². The minimum absolute atomic E-state index is 0.0687. The maximum atomic E-state index is 11.9. The first-order valence-electron chi connectivity index (χ1n) is 4.94. The molecule has 0 atom stereocenters. The highest BCUT2D eigenvalue weighted by atomic mass is 31.2. The van der Waals surface area contributed by atoms with Crippen LogP contribution in [0.25, 0.3) is 0 Å². The van der Waals surface area contributed by atoms with Crippen molar-refractivity contribution in [2.75, 3.05) is 38.3 Å². The van der Waals surface area contributed by atoms with Crippen LogP contribution in [0.4, 0.5) is 0 Å². The third kappa shape index (κ3) is 6.25. The summed E-state index contributed by atoms with van der Waals surface area (Å²) in [5.41, 5.74) is 0.